The third-order valence-corrected chi connectivity index (χ3v) is 5.91. The molecular weight excluding hydrogens is 350 g/mol. The van der Waals surface area contributed by atoms with Crippen LogP contribution in [0.2, 0.25) is 0 Å². The number of nitrogens with zero attached hydrogens (tertiary/aromatic N) is 1. The van der Waals surface area contributed by atoms with Crippen LogP contribution < -0.4 is 10.9 Å². The average molecular weight is 371 g/mol. The van der Waals surface area contributed by atoms with E-state index in [4.69, 9.17) is 0 Å². The normalized spacial score (nSPS) is 17.9. The molecule has 1 saturated heterocycles. The van der Waals surface area contributed by atoms with E-state index in [0.717, 1.165) is 23.4 Å². The molecule has 0 spiro atoms. The maximum Gasteiger partial charge on any atom is 0.261 e. The summed E-state index contributed by atoms with van der Waals surface area (Å²) in [5.41, 5.74) is 0.512. The average Bonchev–Trinajstić information content (AvgIpc) is 3.30. The molecule has 136 valence electrons. The smallest absolute Gasteiger partial charge is 0.261 e. The summed E-state index contributed by atoms with van der Waals surface area (Å²) in [5.74, 6) is -0.179. The molecule has 0 radical (unpaired) electrons. The maximum atomic E-state index is 12.7. The molecule has 2 N–H and O–H groups in total. The van der Waals surface area contributed by atoms with Crippen molar-refractivity contribution in [1.29, 1.82) is 0 Å². The van der Waals surface area contributed by atoms with Gasteiger partial charge in [0.2, 0.25) is 5.91 Å². The van der Waals surface area contributed by atoms with Gasteiger partial charge in [0.25, 0.3) is 11.5 Å². The molecule has 0 atom stereocenters. The first kappa shape index (κ1) is 17.0. The lowest BCUT2D eigenvalue weighted by Gasteiger charge is -2.31. The highest BCUT2D eigenvalue weighted by Crippen LogP contribution is 2.24. The van der Waals surface area contributed by atoms with Gasteiger partial charge in [0, 0.05) is 25.0 Å². The number of nitrogens with one attached hydrogen (secondary N) is 2. The molecule has 1 aliphatic heterocycles. The summed E-state index contributed by atoms with van der Waals surface area (Å²) in [6.07, 6.45) is 3.45. The van der Waals surface area contributed by atoms with E-state index in [1.807, 2.05) is 17.5 Å². The van der Waals surface area contributed by atoms with Gasteiger partial charge in [-0.2, -0.15) is 0 Å². The van der Waals surface area contributed by atoms with Crippen LogP contribution in [0, 0.1) is 5.92 Å². The summed E-state index contributed by atoms with van der Waals surface area (Å²) in [6, 6.07) is 7.58. The van der Waals surface area contributed by atoms with Gasteiger partial charge in [0.05, 0.1) is 10.6 Å². The SMILES string of the molecule is O=C(NC1CC1)C1CCN(C(=O)c2ccc(-c3cccs3)[nH]c2=O)CC1. The summed E-state index contributed by atoms with van der Waals surface area (Å²) < 4.78 is 0. The third kappa shape index (κ3) is 3.58. The number of carbonyl (C=O) groups is 2. The number of hydrogen-bond acceptors (Lipinski definition) is 4. The Kier molecular flexibility index (Phi) is 4.63. The molecule has 0 aromatic carbocycles. The van der Waals surface area contributed by atoms with Crippen LogP contribution in [0.5, 0.6) is 0 Å². The Morgan fingerprint density at radius 2 is 1.88 bits per heavy atom. The third-order valence-electron chi connectivity index (χ3n) is 5.00. The lowest BCUT2D eigenvalue weighted by atomic mass is 9.95. The number of pyridine rings is 1. The van der Waals surface area contributed by atoms with Crippen LogP contribution in [-0.4, -0.2) is 40.8 Å². The fraction of sp³-hybridized carbons (Fsp3) is 0.421. The Hall–Kier alpha value is -2.41. The predicted molar refractivity (Wildman–Crippen MR) is 100 cm³/mol. The maximum absolute atomic E-state index is 12.7. The van der Waals surface area contributed by atoms with Crippen molar-refractivity contribution in [2.24, 2.45) is 5.92 Å². The number of piperidine rings is 1. The number of hydrogen-bond donors (Lipinski definition) is 2. The predicted octanol–water partition coefficient (Wildman–Crippen LogP) is 2.23. The number of thiophene rings is 1. The molecule has 0 unspecified atom stereocenters. The first-order chi connectivity index (χ1) is 12.6. The number of likely N-dealkylation sites (tertiary alicyclic amines) is 1. The van der Waals surface area contributed by atoms with Crippen LogP contribution in [-0.2, 0) is 4.79 Å². The van der Waals surface area contributed by atoms with Gasteiger partial charge in [-0.3, -0.25) is 14.4 Å². The quantitative estimate of drug-likeness (QED) is 0.865. The molecule has 2 aromatic heterocycles. The van der Waals surface area contributed by atoms with E-state index >= 15 is 0 Å². The van der Waals surface area contributed by atoms with E-state index < -0.39 is 0 Å². The summed E-state index contributed by atoms with van der Waals surface area (Å²) in [7, 11) is 0. The van der Waals surface area contributed by atoms with E-state index in [9.17, 15) is 14.4 Å². The second-order valence-corrected chi connectivity index (χ2v) is 7.89. The Morgan fingerprint density at radius 1 is 1.12 bits per heavy atom. The minimum atomic E-state index is -0.366. The molecule has 6 nitrogen and oxygen atoms in total. The minimum Gasteiger partial charge on any atom is -0.353 e. The summed E-state index contributed by atoms with van der Waals surface area (Å²) >= 11 is 1.54. The van der Waals surface area contributed by atoms with Crippen LogP contribution in [0.1, 0.15) is 36.0 Å². The van der Waals surface area contributed by atoms with Crippen molar-refractivity contribution in [2.75, 3.05) is 13.1 Å². The van der Waals surface area contributed by atoms with Gasteiger partial charge in [-0.05, 0) is 49.3 Å². The van der Waals surface area contributed by atoms with Crippen molar-refractivity contribution >= 4 is 23.2 Å². The molecule has 1 aliphatic carbocycles. The number of carbonyl (C=O) groups excluding carboxylic acids is 2. The van der Waals surface area contributed by atoms with Crippen LogP contribution in [0.15, 0.2) is 34.4 Å². The molecule has 1 saturated carbocycles. The highest BCUT2D eigenvalue weighted by atomic mass is 32.1. The topological polar surface area (TPSA) is 82.3 Å². The van der Waals surface area contributed by atoms with Crippen LogP contribution in [0.4, 0.5) is 0 Å². The Bertz CT molecular complexity index is 862. The van der Waals surface area contributed by atoms with E-state index in [-0.39, 0.29) is 28.9 Å². The zero-order valence-electron chi connectivity index (χ0n) is 14.4. The van der Waals surface area contributed by atoms with Gasteiger partial charge in [-0.15, -0.1) is 11.3 Å². The molecule has 0 bridgehead atoms. The van der Waals surface area contributed by atoms with Crippen LogP contribution in [0.25, 0.3) is 10.6 Å². The Balaban J connectivity index is 1.40. The number of aromatic nitrogens is 1. The minimum absolute atomic E-state index is 0.0286. The molecule has 2 aliphatic rings. The number of amides is 2. The van der Waals surface area contributed by atoms with E-state index in [1.54, 1.807) is 17.0 Å². The highest BCUT2D eigenvalue weighted by Gasteiger charge is 2.31. The van der Waals surface area contributed by atoms with Crippen molar-refractivity contribution in [2.45, 2.75) is 31.7 Å². The molecule has 3 heterocycles. The second-order valence-electron chi connectivity index (χ2n) is 6.94. The van der Waals surface area contributed by atoms with Crippen molar-refractivity contribution in [3.8, 4) is 10.6 Å². The first-order valence-electron chi connectivity index (χ1n) is 8.98. The number of H-pyrrole nitrogens is 1. The standard InChI is InChI=1S/C19H21N3O3S/c23-17(20-13-3-4-13)12-7-9-22(10-8-12)19(25)14-5-6-15(21-18(14)24)16-2-1-11-26-16/h1-2,5-6,11-13H,3-4,7-10H2,(H,20,23)(H,21,24). The number of aromatic amines is 1. The molecule has 7 heteroatoms. The van der Waals surface area contributed by atoms with Crippen molar-refractivity contribution in [3.05, 3.63) is 45.6 Å². The van der Waals surface area contributed by atoms with Crippen LogP contribution in [0.3, 0.4) is 0 Å². The molecule has 2 aromatic rings. The Morgan fingerprint density at radius 3 is 2.50 bits per heavy atom. The highest BCUT2D eigenvalue weighted by molar-refractivity contribution is 7.13. The van der Waals surface area contributed by atoms with Crippen molar-refractivity contribution < 1.29 is 9.59 Å². The lowest BCUT2D eigenvalue weighted by molar-refractivity contribution is -0.126. The molecule has 4 rings (SSSR count). The van der Waals surface area contributed by atoms with Gasteiger partial charge in [0.1, 0.15) is 5.56 Å². The van der Waals surface area contributed by atoms with Crippen molar-refractivity contribution in [3.63, 3.8) is 0 Å². The molecule has 2 amide bonds. The fourth-order valence-electron chi connectivity index (χ4n) is 3.28. The number of rotatable bonds is 4. The van der Waals surface area contributed by atoms with Gasteiger partial charge < -0.3 is 15.2 Å². The lowest BCUT2D eigenvalue weighted by Crippen LogP contribution is -2.44. The van der Waals surface area contributed by atoms with E-state index in [1.165, 1.54) is 11.3 Å². The first-order valence-corrected chi connectivity index (χ1v) is 9.86. The molecule has 2 fully saturated rings. The monoisotopic (exact) mass is 371 g/mol. The fourth-order valence-corrected chi connectivity index (χ4v) is 3.99. The zero-order chi connectivity index (χ0) is 18.1. The Labute approximate surface area is 155 Å². The molecular formula is C19H21N3O3S. The van der Waals surface area contributed by atoms with Crippen LogP contribution >= 0.6 is 11.3 Å². The molecule has 26 heavy (non-hydrogen) atoms. The van der Waals surface area contributed by atoms with Gasteiger partial charge in [-0.25, -0.2) is 0 Å². The van der Waals surface area contributed by atoms with E-state index in [2.05, 4.69) is 10.3 Å². The van der Waals surface area contributed by atoms with E-state index in [0.29, 0.717) is 32.0 Å². The van der Waals surface area contributed by atoms with Gasteiger partial charge >= 0.3 is 0 Å². The zero-order valence-corrected chi connectivity index (χ0v) is 15.2. The summed E-state index contributed by atoms with van der Waals surface area (Å²) in [5, 5.41) is 4.97. The summed E-state index contributed by atoms with van der Waals surface area (Å²) in [6.45, 7) is 1.02. The summed E-state index contributed by atoms with van der Waals surface area (Å²) in [4.78, 5) is 42.6. The van der Waals surface area contributed by atoms with Crippen molar-refractivity contribution in [1.82, 2.24) is 15.2 Å². The van der Waals surface area contributed by atoms with Gasteiger partial charge in [-0.1, -0.05) is 6.07 Å². The van der Waals surface area contributed by atoms with Gasteiger partial charge in [0.15, 0.2) is 0 Å². The largest absolute Gasteiger partial charge is 0.353 e. The second kappa shape index (κ2) is 7.07.